The number of hydrogen-bond donors (Lipinski definition) is 3. The smallest absolute Gasteiger partial charge is 0.317 e. The molecule has 7 heteroatoms. The number of rotatable bonds is 9. The van der Waals surface area contributed by atoms with E-state index in [1.807, 2.05) is 44.7 Å². The summed E-state index contributed by atoms with van der Waals surface area (Å²) in [6, 6.07) is 6.83. The molecule has 1 unspecified atom stereocenters. The van der Waals surface area contributed by atoms with Crippen molar-refractivity contribution in [1.82, 2.24) is 15.5 Å². The third-order valence-corrected chi connectivity index (χ3v) is 5.24. The van der Waals surface area contributed by atoms with Gasteiger partial charge in [-0.15, -0.1) is 0 Å². The highest BCUT2D eigenvalue weighted by atomic mass is 16.4. The van der Waals surface area contributed by atoms with Gasteiger partial charge in [-0.05, 0) is 44.4 Å². The van der Waals surface area contributed by atoms with E-state index in [4.69, 9.17) is 5.11 Å². The lowest BCUT2D eigenvalue weighted by Crippen LogP contribution is -2.58. The molecule has 0 radical (unpaired) electrons. The van der Waals surface area contributed by atoms with E-state index >= 15 is 0 Å². The minimum Gasteiger partial charge on any atom is -0.480 e. The zero-order valence-electron chi connectivity index (χ0n) is 17.1. The molecular weight excluding hydrogens is 358 g/mol. The lowest BCUT2D eigenvalue weighted by Gasteiger charge is -2.42. The van der Waals surface area contributed by atoms with Crippen LogP contribution in [0.25, 0.3) is 0 Å². The van der Waals surface area contributed by atoms with Crippen LogP contribution in [0.5, 0.6) is 0 Å². The molecule has 0 spiro atoms. The molecule has 7 nitrogen and oxygen atoms in total. The number of amides is 2. The number of nitrogens with one attached hydrogen (secondary N) is 2. The van der Waals surface area contributed by atoms with E-state index < -0.39 is 12.0 Å². The van der Waals surface area contributed by atoms with Gasteiger partial charge in [0.1, 0.15) is 6.04 Å². The number of carbonyl (C=O) groups excluding carboxylic acids is 2. The zero-order valence-corrected chi connectivity index (χ0v) is 17.1. The maximum Gasteiger partial charge on any atom is 0.317 e. The van der Waals surface area contributed by atoms with Crippen LogP contribution in [0, 0.1) is 12.8 Å². The van der Waals surface area contributed by atoms with Crippen molar-refractivity contribution in [2.45, 2.75) is 58.7 Å². The summed E-state index contributed by atoms with van der Waals surface area (Å²) < 4.78 is 0. The minimum atomic E-state index is -0.840. The van der Waals surface area contributed by atoms with Crippen molar-refractivity contribution in [3.05, 3.63) is 35.4 Å². The van der Waals surface area contributed by atoms with Crippen LogP contribution in [0.15, 0.2) is 24.3 Å². The highest BCUT2D eigenvalue weighted by Gasteiger charge is 2.36. The normalized spacial score (nSPS) is 19.8. The molecule has 1 aliphatic carbocycles. The summed E-state index contributed by atoms with van der Waals surface area (Å²) in [4.78, 5) is 38.1. The molecule has 1 aromatic carbocycles. The highest BCUT2D eigenvalue weighted by Crippen LogP contribution is 2.25. The highest BCUT2D eigenvalue weighted by molar-refractivity contribution is 5.97. The number of carboxylic acids is 1. The average molecular weight is 389 g/mol. The first-order valence-corrected chi connectivity index (χ1v) is 9.85. The Morgan fingerprint density at radius 2 is 1.93 bits per heavy atom. The van der Waals surface area contributed by atoms with Crippen molar-refractivity contribution >= 4 is 17.8 Å². The van der Waals surface area contributed by atoms with Gasteiger partial charge in [0.2, 0.25) is 5.91 Å². The van der Waals surface area contributed by atoms with Crippen molar-refractivity contribution < 1.29 is 19.5 Å². The van der Waals surface area contributed by atoms with Gasteiger partial charge in [-0.1, -0.05) is 38.5 Å². The van der Waals surface area contributed by atoms with Crippen molar-refractivity contribution in [1.29, 1.82) is 0 Å². The maximum absolute atomic E-state index is 12.7. The fourth-order valence-corrected chi connectivity index (χ4v) is 3.51. The summed E-state index contributed by atoms with van der Waals surface area (Å²) in [5.41, 5.74) is 1.52. The van der Waals surface area contributed by atoms with Crippen LogP contribution in [-0.4, -0.2) is 59.0 Å². The van der Waals surface area contributed by atoms with Gasteiger partial charge in [0.05, 0.1) is 6.54 Å². The molecule has 154 valence electrons. The summed E-state index contributed by atoms with van der Waals surface area (Å²) in [5, 5.41) is 14.8. The summed E-state index contributed by atoms with van der Waals surface area (Å²) in [6.07, 6.45) is 1.45. The van der Waals surface area contributed by atoms with Crippen LogP contribution in [0.3, 0.4) is 0 Å². The van der Waals surface area contributed by atoms with Crippen molar-refractivity contribution in [3.63, 3.8) is 0 Å². The second-order valence-electron chi connectivity index (χ2n) is 7.85. The van der Waals surface area contributed by atoms with Crippen molar-refractivity contribution in [2.75, 3.05) is 13.1 Å². The molecule has 2 rings (SSSR count). The third-order valence-electron chi connectivity index (χ3n) is 5.24. The fraction of sp³-hybridized carbons (Fsp3) is 0.571. The molecule has 0 aliphatic heterocycles. The van der Waals surface area contributed by atoms with Gasteiger partial charge in [0.25, 0.3) is 5.91 Å². The molecule has 0 heterocycles. The fourth-order valence-electron chi connectivity index (χ4n) is 3.51. The van der Waals surface area contributed by atoms with E-state index in [2.05, 4.69) is 10.6 Å². The van der Waals surface area contributed by atoms with E-state index in [0.29, 0.717) is 12.1 Å². The lowest BCUT2D eigenvalue weighted by atomic mass is 9.85. The largest absolute Gasteiger partial charge is 0.480 e. The molecule has 0 aromatic heterocycles. The number of aryl methyl sites for hydroxylation is 1. The SMILES string of the molecule is CCN(CC(=O)O)C1CC(NC(=O)C(NC(=O)c2cccc(C)c2)C(C)C)C1. The van der Waals surface area contributed by atoms with Crippen LogP contribution in [-0.2, 0) is 9.59 Å². The van der Waals surface area contributed by atoms with Crippen LogP contribution >= 0.6 is 0 Å². The van der Waals surface area contributed by atoms with Gasteiger partial charge in [-0.25, -0.2) is 0 Å². The zero-order chi connectivity index (χ0) is 20.8. The van der Waals surface area contributed by atoms with Crippen LogP contribution < -0.4 is 10.6 Å². The molecule has 0 saturated heterocycles. The van der Waals surface area contributed by atoms with E-state index in [-0.39, 0.29) is 36.4 Å². The molecule has 3 N–H and O–H groups in total. The number of hydrogen-bond acceptors (Lipinski definition) is 4. The maximum atomic E-state index is 12.7. The molecular formula is C21H31N3O4. The Hall–Kier alpha value is -2.41. The number of nitrogens with zero attached hydrogens (tertiary/aromatic N) is 1. The molecule has 2 amide bonds. The van der Waals surface area contributed by atoms with Gasteiger partial charge < -0.3 is 15.7 Å². The Labute approximate surface area is 166 Å². The predicted octanol–water partition coefficient (Wildman–Crippen LogP) is 1.80. The second kappa shape index (κ2) is 9.68. The van der Waals surface area contributed by atoms with Crippen LogP contribution in [0.4, 0.5) is 0 Å². The third kappa shape index (κ3) is 5.79. The Morgan fingerprint density at radius 3 is 2.46 bits per heavy atom. The summed E-state index contributed by atoms with van der Waals surface area (Å²) in [5.74, 6) is -1.35. The Kier molecular flexibility index (Phi) is 7.57. The summed E-state index contributed by atoms with van der Waals surface area (Å²) >= 11 is 0. The first-order valence-electron chi connectivity index (χ1n) is 9.85. The quantitative estimate of drug-likeness (QED) is 0.598. The molecule has 1 aromatic rings. The monoisotopic (exact) mass is 389 g/mol. The van der Waals surface area contributed by atoms with Crippen molar-refractivity contribution in [2.24, 2.45) is 5.92 Å². The first kappa shape index (κ1) is 21.9. The van der Waals surface area contributed by atoms with E-state index in [9.17, 15) is 14.4 Å². The van der Waals surface area contributed by atoms with Gasteiger partial charge in [0, 0.05) is 17.6 Å². The molecule has 28 heavy (non-hydrogen) atoms. The van der Waals surface area contributed by atoms with Crippen LogP contribution in [0.2, 0.25) is 0 Å². The topological polar surface area (TPSA) is 98.7 Å². The number of benzene rings is 1. The van der Waals surface area contributed by atoms with Gasteiger partial charge >= 0.3 is 5.97 Å². The number of likely N-dealkylation sites (N-methyl/N-ethyl adjacent to an activating group) is 1. The Balaban J connectivity index is 1.90. The van der Waals surface area contributed by atoms with Gasteiger partial charge in [-0.3, -0.25) is 19.3 Å². The molecule has 1 aliphatic rings. The average Bonchev–Trinajstić information content (AvgIpc) is 2.59. The van der Waals surface area contributed by atoms with Crippen molar-refractivity contribution in [3.8, 4) is 0 Å². The Bertz CT molecular complexity index is 713. The Morgan fingerprint density at radius 1 is 1.25 bits per heavy atom. The number of carbonyl (C=O) groups is 3. The lowest BCUT2D eigenvalue weighted by molar-refractivity contribution is -0.140. The molecule has 1 fully saturated rings. The summed E-state index contributed by atoms with van der Waals surface area (Å²) in [6.45, 7) is 8.33. The predicted molar refractivity (Wildman–Crippen MR) is 107 cm³/mol. The minimum absolute atomic E-state index is 0.0115. The van der Waals surface area contributed by atoms with Gasteiger partial charge in [0.15, 0.2) is 0 Å². The van der Waals surface area contributed by atoms with E-state index in [1.54, 1.807) is 12.1 Å². The first-order chi connectivity index (χ1) is 13.2. The number of carboxylic acid groups (broad SMARTS) is 1. The second-order valence-corrected chi connectivity index (χ2v) is 7.85. The summed E-state index contributed by atoms with van der Waals surface area (Å²) in [7, 11) is 0. The molecule has 1 atom stereocenters. The molecule has 0 bridgehead atoms. The molecule has 1 saturated carbocycles. The standard InChI is InChI=1S/C21H31N3O4/c1-5-24(12-18(25)26)17-10-16(11-17)22-21(28)19(13(2)3)23-20(27)15-8-6-7-14(4)9-15/h6-9,13,16-17,19H,5,10-12H2,1-4H3,(H,22,28)(H,23,27)(H,25,26). The van der Waals surface area contributed by atoms with Gasteiger partial charge in [-0.2, -0.15) is 0 Å². The number of aliphatic carboxylic acids is 1. The van der Waals surface area contributed by atoms with Crippen LogP contribution in [0.1, 0.15) is 49.5 Å². The van der Waals surface area contributed by atoms with E-state index in [1.165, 1.54) is 0 Å². The van der Waals surface area contributed by atoms with E-state index in [0.717, 1.165) is 18.4 Å².